The zero-order valence-corrected chi connectivity index (χ0v) is 25.0. The molecule has 5 rings (SSSR count). The fourth-order valence-corrected chi connectivity index (χ4v) is 5.37. The summed E-state index contributed by atoms with van der Waals surface area (Å²) >= 11 is 0. The lowest BCUT2D eigenvalue weighted by atomic mass is 9.99. The second kappa shape index (κ2) is 13.3. The summed E-state index contributed by atoms with van der Waals surface area (Å²) in [6, 6.07) is 21.1. The first-order valence-corrected chi connectivity index (χ1v) is 14.7. The number of nitrogens with zero attached hydrogens (tertiary/aromatic N) is 4. The van der Waals surface area contributed by atoms with Crippen LogP contribution in [0.3, 0.4) is 0 Å². The molecule has 1 fully saturated rings. The van der Waals surface area contributed by atoms with E-state index >= 15 is 0 Å². The summed E-state index contributed by atoms with van der Waals surface area (Å²) in [5, 5.41) is 0.821. The molecule has 42 heavy (non-hydrogen) atoms. The van der Waals surface area contributed by atoms with Crippen molar-refractivity contribution in [2.75, 3.05) is 53.5 Å². The summed E-state index contributed by atoms with van der Waals surface area (Å²) in [4.78, 5) is 35.5. The lowest BCUT2D eigenvalue weighted by molar-refractivity contribution is 0.0479. The van der Waals surface area contributed by atoms with Gasteiger partial charge < -0.3 is 19.3 Å². The van der Waals surface area contributed by atoms with Crippen molar-refractivity contribution in [3.63, 3.8) is 0 Å². The molecule has 0 spiro atoms. The molecule has 0 bridgehead atoms. The minimum Gasteiger partial charge on any atom is -0.497 e. The zero-order valence-electron chi connectivity index (χ0n) is 25.0. The highest BCUT2D eigenvalue weighted by molar-refractivity contribution is 5.93. The Balaban J connectivity index is 1.34. The number of hydrogen-bond acceptors (Lipinski definition) is 7. The number of hydrogen-bond donors (Lipinski definition) is 0. The number of likely N-dealkylation sites (N-methyl/N-ethyl adjacent to an activating group) is 1. The van der Waals surface area contributed by atoms with E-state index in [-0.39, 0.29) is 18.2 Å². The molecule has 0 aliphatic carbocycles. The lowest BCUT2D eigenvalue weighted by Gasteiger charge is -2.32. The Labute approximate surface area is 247 Å². The molecule has 1 aliphatic rings. The minimum absolute atomic E-state index is 0.270. The van der Waals surface area contributed by atoms with Crippen molar-refractivity contribution in [3.05, 3.63) is 93.9 Å². The number of methoxy groups -OCH3 is 1. The van der Waals surface area contributed by atoms with Crippen LogP contribution in [0.5, 0.6) is 5.75 Å². The summed E-state index contributed by atoms with van der Waals surface area (Å²) < 4.78 is 12.7. The fraction of sp³-hybridized carbons (Fsp3) is 0.382. The number of esters is 1. The van der Waals surface area contributed by atoms with Gasteiger partial charge in [0.05, 0.1) is 37.0 Å². The normalized spacial score (nSPS) is 14.4. The van der Waals surface area contributed by atoms with E-state index in [9.17, 15) is 9.59 Å². The quantitative estimate of drug-likeness (QED) is 0.196. The van der Waals surface area contributed by atoms with Gasteiger partial charge in [-0.1, -0.05) is 50.2 Å². The van der Waals surface area contributed by atoms with Gasteiger partial charge in [-0.15, -0.1) is 0 Å². The summed E-state index contributed by atoms with van der Waals surface area (Å²) in [6.45, 7) is 10.1. The number of piperazine rings is 1. The average molecular weight is 569 g/mol. The van der Waals surface area contributed by atoms with Crippen molar-refractivity contribution in [1.82, 2.24) is 19.4 Å². The Morgan fingerprint density at radius 1 is 0.976 bits per heavy atom. The maximum atomic E-state index is 13.4. The first kappa shape index (κ1) is 29.5. The fourth-order valence-electron chi connectivity index (χ4n) is 5.37. The molecule has 3 aromatic carbocycles. The highest BCUT2D eigenvalue weighted by atomic mass is 16.5. The zero-order chi connectivity index (χ0) is 29.6. The number of rotatable bonds is 10. The van der Waals surface area contributed by atoms with Gasteiger partial charge in [-0.25, -0.2) is 9.59 Å². The SMILES string of the molecule is COc1ccc2c(c1)c(-c1ccc(C(C)C)cc1)nc(=O)n2Cc1cccc(C(=O)OCCCN2CCN(C)CC2)c1. The number of fused-ring (bicyclic) bond motifs is 1. The van der Waals surface area contributed by atoms with Crippen molar-refractivity contribution in [1.29, 1.82) is 0 Å². The van der Waals surface area contributed by atoms with Gasteiger partial charge in [-0.3, -0.25) is 4.57 Å². The molecule has 4 aromatic rings. The molecule has 8 heteroatoms. The average Bonchev–Trinajstić information content (AvgIpc) is 3.01. The van der Waals surface area contributed by atoms with Crippen LogP contribution < -0.4 is 10.4 Å². The molecular weight excluding hydrogens is 528 g/mol. The van der Waals surface area contributed by atoms with Crippen LogP contribution in [0.25, 0.3) is 22.2 Å². The molecular formula is C34H40N4O4. The van der Waals surface area contributed by atoms with Crippen molar-refractivity contribution in [2.45, 2.75) is 32.7 Å². The molecule has 220 valence electrons. The second-order valence-electron chi connectivity index (χ2n) is 11.3. The molecule has 0 atom stereocenters. The van der Waals surface area contributed by atoms with E-state index in [0.717, 1.165) is 61.2 Å². The van der Waals surface area contributed by atoms with Crippen molar-refractivity contribution in [3.8, 4) is 17.0 Å². The third-order valence-corrected chi connectivity index (χ3v) is 7.99. The Morgan fingerprint density at radius 2 is 1.74 bits per heavy atom. The monoisotopic (exact) mass is 568 g/mol. The summed E-state index contributed by atoms with van der Waals surface area (Å²) in [5.41, 5.74) is 4.40. The first-order chi connectivity index (χ1) is 20.3. The molecule has 0 N–H and O–H groups in total. The van der Waals surface area contributed by atoms with Crippen molar-refractivity contribution in [2.24, 2.45) is 0 Å². The summed E-state index contributed by atoms with van der Waals surface area (Å²) in [6.07, 6.45) is 0.804. The molecule has 0 amide bonds. The molecule has 0 radical (unpaired) electrons. The van der Waals surface area contributed by atoms with E-state index in [1.807, 2.05) is 42.5 Å². The van der Waals surface area contributed by atoms with E-state index in [2.05, 4.69) is 47.8 Å². The largest absolute Gasteiger partial charge is 0.497 e. The van der Waals surface area contributed by atoms with Crippen LogP contribution in [0.15, 0.2) is 71.5 Å². The van der Waals surface area contributed by atoms with E-state index in [4.69, 9.17) is 9.47 Å². The number of carbonyl (C=O) groups is 1. The topological polar surface area (TPSA) is 76.9 Å². The van der Waals surface area contributed by atoms with Gasteiger partial charge in [-0.05, 0) is 60.8 Å². The number of aromatic nitrogens is 2. The first-order valence-electron chi connectivity index (χ1n) is 14.7. The smallest absolute Gasteiger partial charge is 0.348 e. The predicted octanol–water partition coefficient (Wildman–Crippen LogP) is 5.04. The van der Waals surface area contributed by atoms with Gasteiger partial charge in [0.2, 0.25) is 0 Å². The van der Waals surface area contributed by atoms with E-state index in [0.29, 0.717) is 29.5 Å². The van der Waals surface area contributed by atoms with E-state index in [1.165, 1.54) is 5.56 Å². The van der Waals surface area contributed by atoms with E-state index < -0.39 is 0 Å². The Bertz CT molecular complexity index is 1590. The highest BCUT2D eigenvalue weighted by Gasteiger charge is 2.16. The molecule has 1 saturated heterocycles. The van der Waals surface area contributed by atoms with Gasteiger partial charge in [0.25, 0.3) is 0 Å². The Kier molecular flexibility index (Phi) is 9.35. The van der Waals surface area contributed by atoms with Crippen LogP contribution in [0.1, 0.15) is 47.7 Å². The van der Waals surface area contributed by atoms with Crippen LogP contribution in [0, 0.1) is 0 Å². The second-order valence-corrected chi connectivity index (χ2v) is 11.3. The number of benzene rings is 3. The predicted molar refractivity (Wildman–Crippen MR) is 166 cm³/mol. The standard InChI is InChI=1S/C34H40N4O4/c1-24(2)26-9-11-27(12-10-26)32-30-22-29(41-4)13-14-31(30)38(34(40)35-32)23-25-7-5-8-28(21-25)33(39)42-20-6-15-37-18-16-36(3)17-19-37/h5,7-14,21-22,24H,6,15-20,23H2,1-4H3. The molecule has 8 nitrogen and oxygen atoms in total. The van der Waals surface area contributed by atoms with Gasteiger partial charge >= 0.3 is 11.7 Å². The van der Waals surface area contributed by atoms with E-state index in [1.54, 1.807) is 23.8 Å². The van der Waals surface area contributed by atoms with Crippen LogP contribution >= 0.6 is 0 Å². The third kappa shape index (κ3) is 6.89. The Morgan fingerprint density at radius 3 is 2.45 bits per heavy atom. The molecule has 0 unspecified atom stereocenters. The number of ether oxygens (including phenoxy) is 2. The molecule has 2 heterocycles. The maximum absolute atomic E-state index is 13.4. The summed E-state index contributed by atoms with van der Waals surface area (Å²) in [7, 11) is 3.76. The molecule has 0 saturated carbocycles. The Hall–Kier alpha value is -4.01. The maximum Gasteiger partial charge on any atom is 0.348 e. The minimum atomic E-state index is -0.354. The van der Waals surface area contributed by atoms with Gasteiger partial charge in [0, 0.05) is 43.7 Å². The van der Waals surface area contributed by atoms with Crippen LogP contribution in [0.2, 0.25) is 0 Å². The lowest BCUT2D eigenvalue weighted by Crippen LogP contribution is -2.44. The van der Waals surface area contributed by atoms with Crippen LogP contribution in [-0.4, -0.2) is 78.8 Å². The number of carbonyl (C=O) groups excluding carboxylic acids is 1. The molecule has 1 aromatic heterocycles. The summed E-state index contributed by atoms with van der Waals surface area (Å²) in [5.74, 6) is 0.745. The highest BCUT2D eigenvalue weighted by Crippen LogP contribution is 2.30. The van der Waals surface area contributed by atoms with Crippen molar-refractivity contribution < 1.29 is 14.3 Å². The third-order valence-electron chi connectivity index (χ3n) is 7.99. The van der Waals surface area contributed by atoms with Crippen molar-refractivity contribution >= 4 is 16.9 Å². The molecule has 1 aliphatic heterocycles. The van der Waals surface area contributed by atoms with Gasteiger partial charge in [-0.2, -0.15) is 4.98 Å². The van der Waals surface area contributed by atoms with Crippen LogP contribution in [0.4, 0.5) is 0 Å². The van der Waals surface area contributed by atoms with Crippen LogP contribution in [-0.2, 0) is 11.3 Å². The van der Waals surface area contributed by atoms with Gasteiger partial charge in [0.15, 0.2) is 0 Å². The van der Waals surface area contributed by atoms with Gasteiger partial charge in [0.1, 0.15) is 5.75 Å².